The predicted octanol–water partition coefficient (Wildman–Crippen LogP) is 5.28. The Hall–Kier alpha value is -4.31. The van der Waals surface area contributed by atoms with Gasteiger partial charge in [0.1, 0.15) is 30.8 Å². The average Bonchev–Trinajstić information content (AvgIpc) is 3.59. The molecule has 14 nitrogen and oxygen atoms in total. The summed E-state index contributed by atoms with van der Waals surface area (Å²) in [6.45, 7) is 2.64. The van der Waals surface area contributed by atoms with Gasteiger partial charge in [-0.05, 0) is 32.1 Å². The standard InChI is InChI=1S/C37H51N7O7S2/c1-3-4-5-6-7-8-9-10-11-12-13-14-15-16-17-18-28(45)51-24-26-19-21-43(22-20-26)23-27-25-52-35-30(34(47)44(35)31(27)36(48)49)39-33(46)29(41-50-2)32-40-37(38)53-42-32/h10-11,19-22,30,35H,3-9,12-18,23-25H2,1-2H3,(H3-,38,39,40,42,46,48,49)/p+1/b11-10-,41-29?/t30?,35-/m1/s1. The Balaban J connectivity index is 1.15. The molecule has 0 spiro atoms. The number of nitrogens with zero attached hydrogens (tertiary/aromatic N) is 5. The zero-order chi connectivity index (χ0) is 38.0. The zero-order valence-electron chi connectivity index (χ0n) is 30.7. The van der Waals surface area contributed by atoms with Crippen LogP contribution in [0, 0.1) is 0 Å². The summed E-state index contributed by atoms with van der Waals surface area (Å²) in [5.74, 6) is -2.48. The van der Waals surface area contributed by atoms with Crippen molar-refractivity contribution in [3.8, 4) is 0 Å². The number of amides is 2. The van der Waals surface area contributed by atoms with E-state index in [1.54, 1.807) is 17.0 Å². The topological polar surface area (TPSA) is 190 Å². The molecule has 2 aromatic rings. The number of β-lactam (4-membered cyclic amide) rings is 1. The SMILES string of the molecule is CCCCCCCC/C=C\CCCCCCCC(=O)OCc1cc[n+](CC2=C(C(=O)O)N3C(=O)C(NC(=O)C(=NOC)c4nsc(N)n4)[C@H]3SC2)cc1. The Bertz CT molecular complexity index is 1630. The fourth-order valence-electron chi connectivity index (χ4n) is 6.11. The average molecular weight is 771 g/mol. The molecule has 0 radical (unpaired) electrons. The first-order chi connectivity index (χ1) is 25.7. The number of nitrogens with one attached hydrogen (secondary N) is 1. The Morgan fingerprint density at radius 3 is 2.34 bits per heavy atom. The number of rotatable bonds is 24. The highest BCUT2D eigenvalue weighted by Crippen LogP contribution is 2.40. The number of nitrogens with two attached hydrogens (primary N) is 1. The molecule has 1 fully saturated rings. The second kappa shape index (κ2) is 22.0. The molecule has 4 rings (SSSR count). The van der Waals surface area contributed by atoms with Crippen LogP contribution in [0.2, 0.25) is 0 Å². The number of ether oxygens (including phenoxy) is 1. The van der Waals surface area contributed by atoms with Gasteiger partial charge in [-0.2, -0.15) is 9.36 Å². The molecule has 0 bridgehead atoms. The normalized spacial score (nSPS) is 17.1. The van der Waals surface area contributed by atoms with Gasteiger partial charge in [0.2, 0.25) is 11.5 Å². The fourth-order valence-corrected chi connectivity index (χ4v) is 7.88. The van der Waals surface area contributed by atoms with Gasteiger partial charge in [0.15, 0.2) is 24.1 Å². The van der Waals surface area contributed by atoms with E-state index in [2.05, 4.69) is 38.9 Å². The van der Waals surface area contributed by atoms with Crippen molar-refractivity contribution in [2.75, 3.05) is 18.6 Å². The summed E-state index contributed by atoms with van der Waals surface area (Å²) >= 11 is 2.22. The van der Waals surface area contributed by atoms with Crippen LogP contribution in [0.5, 0.6) is 0 Å². The molecular formula is C37H52N7O7S2+. The number of allylic oxidation sites excluding steroid dienone is 2. The van der Waals surface area contributed by atoms with Crippen molar-refractivity contribution >= 4 is 57.9 Å². The minimum atomic E-state index is -1.23. The van der Waals surface area contributed by atoms with Crippen LogP contribution in [-0.4, -0.2) is 73.1 Å². The van der Waals surface area contributed by atoms with Crippen molar-refractivity contribution in [3.63, 3.8) is 0 Å². The van der Waals surface area contributed by atoms with Gasteiger partial charge in [0, 0.05) is 47.0 Å². The molecule has 4 heterocycles. The summed E-state index contributed by atoms with van der Waals surface area (Å²) < 4.78 is 11.3. The molecule has 2 aliphatic heterocycles. The van der Waals surface area contributed by atoms with E-state index in [0.717, 1.165) is 42.8 Å². The minimum Gasteiger partial charge on any atom is -0.477 e. The summed E-state index contributed by atoms with van der Waals surface area (Å²) in [6, 6.07) is 2.66. The van der Waals surface area contributed by atoms with Gasteiger partial charge < -0.3 is 25.7 Å². The van der Waals surface area contributed by atoms with E-state index < -0.39 is 29.2 Å². The third-order valence-electron chi connectivity index (χ3n) is 8.96. The van der Waals surface area contributed by atoms with Gasteiger partial charge in [0.05, 0.1) is 0 Å². The summed E-state index contributed by atoms with van der Waals surface area (Å²) in [6.07, 6.45) is 24.2. The highest BCUT2D eigenvalue weighted by Gasteiger charge is 2.55. The lowest BCUT2D eigenvalue weighted by Gasteiger charge is -2.49. The highest BCUT2D eigenvalue weighted by atomic mass is 32.2. The summed E-state index contributed by atoms with van der Waals surface area (Å²) in [5.41, 5.74) is 6.62. The maximum Gasteiger partial charge on any atom is 0.352 e. The van der Waals surface area contributed by atoms with Crippen molar-refractivity contribution in [1.82, 2.24) is 19.6 Å². The number of aliphatic carboxylic acids is 1. The van der Waals surface area contributed by atoms with Crippen molar-refractivity contribution in [2.24, 2.45) is 5.16 Å². The molecule has 53 heavy (non-hydrogen) atoms. The van der Waals surface area contributed by atoms with E-state index in [4.69, 9.17) is 15.3 Å². The Morgan fingerprint density at radius 1 is 1.06 bits per heavy atom. The number of pyridine rings is 1. The maximum absolute atomic E-state index is 13.2. The van der Waals surface area contributed by atoms with E-state index in [-0.39, 0.29) is 41.5 Å². The largest absolute Gasteiger partial charge is 0.477 e. The number of fused-ring (bicyclic) bond motifs is 1. The molecule has 2 amide bonds. The zero-order valence-corrected chi connectivity index (χ0v) is 32.3. The Morgan fingerprint density at radius 2 is 1.72 bits per heavy atom. The predicted molar refractivity (Wildman–Crippen MR) is 203 cm³/mol. The van der Waals surface area contributed by atoms with Gasteiger partial charge in [-0.1, -0.05) is 75.6 Å². The molecule has 2 aliphatic rings. The Labute approximate surface area is 319 Å². The maximum atomic E-state index is 13.2. The smallest absolute Gasteiger partial charge is 0.352 e. The molecule has 0 aliphatic carbocycles. The first-order valence-electron chi connectivity index (χ1n) is 18.4. The number of nitrogen functional groups attached to an aromatic ring is 1. The lowest BCUT2D eigenvalue weighted by Crippen LogP contribution is -2.71. The monoisotopic (exact) mass is 770 g/mol. The number of aromatic nitrogens is 3. The van der Waals surface area contributed by atoms with Crippen LogP contribution in [0.3, 0.4) is 0 Å². The lowest BCUT2D eigenvalue weighted by molar-refractivity contribution is -0.689. The highest BCUT2D eigenvalue weighted by molar-refractivity contribution is 8.00. The summed E-state index contributed by atoms with van der Waals surface area (Å²) in [4.78, 5) is 60.7. The van der Waals surface area contributed by atoms with Crippen molar-refractivity contribution < 1.29 is 38.4 Å². The molecule has 0 saturated carbocycles. The summed E-state index contributed by atoms with van der Waals surface area (Å²) in [7, 11) is 1.25. The van der Waals surface area contributed by atoms with Crippen LogP contribution in [0.1, 0.15) is 108 Å². The number of thioether (sulfide) groups is 1. The van der Waals surface area contributed by atoms with Crippen molar-refractivity contribution in [1.29, 1.82) is 0 Å². The number of carboxylic acid groups (broad SMARTS) is 1. The molecule has 2 aromatic heterocycles. The fraction of sp³-hybridized carbons (Fsp3) is 0.568. The molecule has 0 aromatic carbocycles. The van der Waals surface area contributed by atoms with E-state index >= 15 is 0 Å². The van der Waals surface area contributed by atoms with Gasteiger partial charge in [-0.3, -0.25) is 19.3 Å². The minimum absolute atomic E-state index is 0.0462. The van der Waals surface area contributed by atoms with Gasteiger partial charge in [-0.15, -0.1) is 11.8 Å². The number of esters is 1. The quantitative estimate of drug-likeness (QED) is 0.0240. The van der Waals surface area contributed by atoms with E-state index in [0.29, 0.717) is 17.7 Å². The number of carbonyl (C=O) groups excluding carboxylic acids is 3. The number of unbranched alkanes of at least 4 members (excludes halogenated alkanes) is 11. The molecule has 16 heteroatoms. The van der Waals surface area contributed by atoms with Gasteiger partial charge >= 0.3 is 11.9 Å². The van der Waals surface area contributed by atoms with Crippen LogP contribution in [0.15, 0.2) is 53.1 Å². The lowest BCUT2D eigenvalue weighted by atomic mass is 10.0. The molecule has 4 N–H and O–H groups in total. The first-order valence-corrected chi connectivity index (χ1v) is 20.3. The first kappa shape index (κ1) is 41.4. The van der Waals surface area contributed by atoms with Crippen LogP contribution >= 0.6 is 23.3 Å². The number of hydrogen-bond acceptors (Lipinski definition) is 12. The molecule has 288 valence electrons. The molecule has 1 unspecified atom stereocenters. The number of anilines is 1. The van der Waals surface area contributed by atoms with E-state index in [1.807, 2.05) is 12.1 Å². The molecule has 2 atom stereocenters. The van der Waals surface area contributed by atoms with Crippen LogP contribution in [-0.2, 0) is 41.9 Å². The van der Waals surface area contributed by atoms with Crippen LogP contribution in [0.4, 0.5) is 5.13 Å². The summed E-state index contributed by atoms with van der Waals surface area (Å²) in [5, 5.41) is 15.9. The second-order valence-corrected chi connectivity index (χ2v) is 15.0. The number of carboxylic acids is 1. The number of carbonyl (C=O) groups is 4. The second-order valence-electron chi connectivity index (χ2n) is 13.1. The Kier molecular flexibility index (Phi) is 17.2. The van der Waals surface area contributed by atoms with E-state index in [9.17, 15) is 24.3 Å². The number of hydrogen-bond donors (Lipinski definition) is 3. The van der Waals surface area contributed by atoms with Crippen molar-refractivity contribution in [3.05, 3.63) is 59.3 Å². The number of oxime groups is 1. The third kappa shape index (κ3) is 12.7. The molecule has 1 saturated heterocycles. The van der Waals surface area contributed by atoms with Gasteiger partial charge in [0.25, 0.3) is 11.8 Å². The van der Waals surface area contributed by atoms with Crippen molar-refractivity contribution in [2.45, 2.75) is 121 Å². The van der Waals surface area contributed by atoms with Crippen LogP contribution < -0.4 is 15.6 Å². The van der Waals surface area contributed by atoms with E-state index in [1.165, 1.54) is 81.6 Å². The van der Waals surface area contributed by atoms with Gasteiger partial charge in [-0.25, -0.2) is 9.36 Å². The molecular weight excluding hydrogens is 719 g/mol. The van der Waals surface area contributed by atoms with Crippen LogP contribution in [0.25, 0.3) is 0 Å². The third-order valence-corrected chi connectivity index (χ3v) is 10.8.